The Morgan fingerprint density at radius 3 is 2.50 bits per heavy atom. The predicted octanol–water partition coefficient (Wildman–Crippen LogP) is 4.95. The molecule has 0 heterocycles. The molecular weight excluding hydrogens is 326 g/mol. The van der Waals surface area contributed by atoms with E-state index in [-0.39, 0.29) is 6.61 Å². The number of carbonyl (C=O) groups excluding carboxylic acids is 1. The fourth-order valence-corrected chi connectivity index (χ4v) is 2.07. The molecule has 0 saturated carbocycles. The summed E-state index contributed by atoms with van der Waals surface area (Å²) in [5.41, 5.74) is 0.317. The number of nitrogens with one attached hydrogen (secondary N) is 1. The van der Waals surface area contributed by atoms with Gasteiger partial charge < -0.3 is 15.2 Å². The first-order chi connectivity index (χ1) is 12.5. The molecule has 0 bridgehead atoms. The van der Waals surface area contributed by atoms with Gasteiger partial charge in [-0.1, -0.05) is 57.6 Å². The number of amides is 1. The molecule has 0 aromatic heterocycles. The topological polar surface area (TPSA) is 58.6 Å². The largest absolute Gasteiger partial charge is 0.490 e. The zero-order chi connectivity index (χ0) is 20.0. The molecule has 4 nitrogen and oxygen atoms in total. The van der Waals surface area contributed by atoms with E-state index >= 15 is 0 Å². The summed E-state index contributed by atoms with van der Waals surface area (Å²) in [5.74, 6) is 0.232. The second kappa shape index (κ2) is 13.2. The second-order valence-corrected chi connectivity index (χ2v) is 5.84. The van der Waals surface area contributed by atoms with Crippen LogP contribution in [0.3, 0.4) is 0 Å². The van der Waals surface area contributed by atoms with Crippen LogP contribution in [0.4, 0.5) is 0 Å². The maximum Gasteiger partial charge on any atom is 0.259 e. The number of allylic oxidation sites excluding steroid dienone is 8. The van der Waals surface area contributed by atoms with Gasteiger partial charge in [-0.3, -0.25) is 4.79 Å². The van der Waals surface area contributed by atoms with Gasteiger partial charge in [-0.05, 0) is 51.3 Å². The Balaban J connectivity index is 0.00000146. The first kappa shape index (κ1) is 23.9. The molecule has 1 atom stereocenters. The lowest BCUT2D eigenvalue weighted by molar-refractivity contribution is -0.141. The SMILES string of the molecule is CC.CC.CC1=CC=CC(NC(=O)[C@@](C)(O)COC2=CCCC=C2)=CC1. The first-order valence-electron chi connectivity index (χ1n) is 9.55. The lowest BCUT2D eigenvalue weighted by atomic mass is 10.1. The molecule has 0 fully saturated rings. The van der Waals surface area contributed by atoms with E-state index in [0.29, 0.717) is 11.5 Å². The summed E-state index contributed by atoms with van der Waals surface area (Å²) in [6, 6.07) is 0. The van der Waals surface area contributed by atoms with E-state index in [1.807, 2.05) is 77.2 Å². The van der Waals surface area contributed by atoms with Gasteiger partial charge in [0, 0.05) is 5.70 Å². The fourth-order valence-electron chi connectivity index (χ4n) is 2.07. The average Bonchev–Trinajstić information content (AvgIpc) is 2.88. The van der Waals surface area contributed by atoms with Crippen LogP contribution in [0.25, 0.3) is 0 Å². The third kappa shape index (κ3) is 8.86. The first-order valence-corrected chi connectivity index (χ1v) is 9.55. The molecule has 0 unspecified atom stereocenters. The number of aliphatic hydroxyl groups is 1. The lowest BCUT2D eigenvalue weighted by Crippen LogP contribution is -2.47. The van der Waals surface area contributed by atoms with Gasteiger partial charge in [-0.15, -0.1) is 0 Å². The minimum absolute atomic E-state index is 0.0801. The van der Waals surface area contributed by atoms with E-state index in [1.165, 1.54) is 12.5 Å². The summed E-state index contributed by atoms with van der Waals surface area (Å²) in [6.07, 6.45) is 16.2. The van der Waals surface area contributed by atoms with Gasteiger partial charge in [0.15, 0.2) is 5.60 Å². The van der Waals surface area contributed by atoms with Crippen molar-refractivity contribution < 1.29 is 14.6 Å². The summed E-state index contributed by atoms with van der Waals surface area (Å²) in [6.45, 7) is 11.4. The van der Waals surface area contributed by atoms with E-state index in [9.17, 15) is 9.90 Å². The standard InChI is InChI=1S/C18H23NO3.2C2H6/c1-14-7-6-8-15(12-11-14)19-17(20)18(2,21)13-22-16-9-4-3-5-10-16;2*1-2/h4,6-10,12,21H,3,5,11,13H2,1-2H3,(H,19,20);2*1-2H3/t18-;;/m0../s1. The molecule has 2 aliphatic rings. The minimum atomic E-state index is -1.59. The quantitative estimate of drug-likeness (QED) is 0.728. The van der Waals surface area contributed by atoms with Crippen LogP contribution in [0.1, 0.15) is 60.8 Å². The molecule has 146 valence electrons. The summed E-state index contributed by atoms with van der Waals surface area (Å²) < 4.78 is 5.52. The molecule has 4 heteroatoms. The Hall–Kier alpha value is -2.07. The molecule has 0 radical (unpaired) electrons. The van der Waals surface area contributed by atoms with Gasteiger partial charge in [0.1, 0.15) is 12.4 Å². The van der Waals surface area contributed by atoms with Gasteiger partial charge in [0.2, 0.25) is 0 Å². The Morgan fingerprint density at radius 1 is 1.19 bits per heavy atom. The fraction of sp³-hybridized carbons (Fsp3) is 0.500. The highest BCUT2D eigenvalue weighted by atomic mass is 16.5. The summed E-state index contributed by atoms with van der Waals surface area (Å²) in [5, 5.41) is 13.1. The molecule has 2 aliphatic carbocycles. The predicted molar refractivity (Wildman–Crippen MR) is 109 cm³/mol. The number of rotatable bonds is 5. The van der Waals surface area contributed by atoms with Crippen molar-refractivity contribution in [3.8, 4) is 0 Å². The number of hydrogen-bond donors (Lipinski definition) is 2. The van der Waals surface area contributed by atoms with E-state index in [0.717, 1.165) is 19.3 Å². The van der Waals surface area contributed by atoms with E-state index < -0.39 is 11.5 Å². The maximum absolute atomic E-state index is 12.2. The van der Waals surface area contributed by atoms with Crippen LogP contribution in [-0.4, -0.2) is 23.2 Å². The van der Waals surface area contributed by atoms with E-state index in [1.54, 1.807) is 0 Å². The molecule has 0 aromatic carbocycles. The molecule has 0 spiro atoms. The number of carbonyl (C=O) groups is 1. The third-order valence-corrected chi connectivity index (χ3v) is 3.53. The van der Waals surface area contributed by atoms with Crippen molar-refractivity contribution in [2.45, 2.75) is 66.4 Å². The zero-order valence-corrected chi connectivity index (χ0v) is 17.1. The molecule has 2 rings (SSSR count). The third-order valence-electron chi connectivity index (χ3n) is 3.53. The highest BCUT2D eigenvalue weighted by Crippen LogP contribution is 2.15. The Labute approximate surface area is 159 Å². The van der Waals surface area contributed by atoms with Gasteiger partial charge >= 0.3 is 0 Å². The van der Waals surface area contributed by atoms with Crippen molar-refractivity contribution in [1.82, 2.24) is 5.32 Å². The van der Waals surface area contributed by atoms with Crippen molar-refractivity contribution in [2.75, 3.05) is 6.61 Å². The Morgan fingerprint density at radius 2 is 1.88 bits per heavy atom. The molecule has 1 amide bonds. The van der Waals surface area contributed by atoms with Crippen LogP contribution in [0.5, 0.6) is 0 Å². The molecule has 0 aliphatic heterocycles. The van der Waals surface area contributed by atoms with Crippen LogP contribution in [-0.2, 0) is 9.53 Å². The highest BCUT2D eigenvalue weighted by Gasteiger charge is 2.31. The van der Waals surface area contributed by atoms with Crippen LogP contribution < -0.4 is 5.32 Å². The smallest absolute Gasteiger partial charge is 0.259 e. The monoisotopic (exact) mass is 361 g/mol. The van der Waals surface area contributed by atoms with Gasteiger partial charge in [-0.2, -0.15) is 0 Å². The van der Waals surface area contributed by atoms with E-state index in [2.05, 4.69) is 5.32 Å². The van der Waals surface area contributed by atoms with Gasteiger partial charge in [0.25, 0.3) is 5.91 Å². The maximum atomic E-state index is 12.2. The Bertz CT molecular complexity index is 578. The second-order valence-electron chi connectivity index (χ2n) is 5.84. The molecule has 2 N–H and O–H groups in total. The normalized spacial score (nSPS) is 17.6. The van der Waals surface area contributed by atoms with Crippen molar-refractivity contribution in [3.63, 3.8) is 0 Å². The van der Waals surface area contributed by atoms with Crippen molar-refractivity contribution >= 4 is 5.91 Å². The van der Waals surface area contributed by atoms with Crippen LogP contribution >= 0.6 is 0 Å². The molecule has 0 aromatic rings. The van der Waals surface area contributed by atoms with Crippen molar-refractivity contribution in [2.24, 2.45) is 0 Å². The Kier molecular flexibility index (Phi) is 12.1. The number of hydrogen-bond acceptors (Lipinski definition) is 3. The van der Waals surface area contributed by atoms with E-state index in [4.69, 9.17) is 4.74 Å². The lowest BCUT2D eigenvalue weighted by Gasteiger charge is -2.23. The minimum Gasteiger partial charge on any atom is -0.490 e. The van der Waals surface area contributed by atoms with Crippen LogP contribution in [0.15, 0.2) is 59.6 Å². The van der Waals surface area contributed by atoms with Crippen LogP contribution in [0.2, 0.25) is 0 Å². The molecule has 26 heavy (non-hydrogen) atoms. The van der Waals surface area contributed by atoms with Crippen molar-refractivity contribution in [1.29, 1.82) is 0 Å². The zero-order valence-electron chi connectivity index (χ0n) is 17.1. The average molecular weight is 362 g/mol. The molecule has 0 saturated heterocycles. The summed E-state index contributed by atoms with van der Waals surface area (Å²) >= 11 is 0. The van der Waals surface area contributed by atoms with Crippen molar-refractivity contribution in [3.05, 3.63) is 59.6 Å². The number of ether oxygens (including phenoxy) is 1. The molecular formula is C22H35NO3. The summed E-state index contributed by atoms with van der Waals surface area (Å²) in [4.78, 5) is 12.2. The highest BCUT2D eigenvalue weighted by molar-refractivity contribution is 5.86. The van der Waals surface area contributed by atoms with Gasteiger partial charge in [-0.25, -0.2) is 0 Å². The van der Waals surface area contributed by atoms with Crippen LogP contribution in [0, 0.1) is 0 Å². The van der Waals surface area contributed by atoms with Gasteiger partial charge in [0.05, 0.1) is 0 Å². The summed E-state index contributed by atoms with van der Waals surface area (Å²) in [7, 11) is 0.